The summed E-state index contributed by atoms with van der Waals surface area (Å²) in [5.41, 5.74) is 6.70. The summed E-state index contributed by atoms with van der Waals surface area (Å²) in [4.78, 5) is 13.2. The van der Waals surface area contributed by atoms with E-state index >= 15 is 0 Å². The molecule has 0 radical (unpaired) electrons. The predicted octanol–water partition coefficient (Wildman–Crippen LogP) is 1.29. The summed E-state index contributed by atoms with van der Waals surface area (Å²) in [5.74, 6) is -0.437. The van der Waals surface area contributed by atoms with Gasteiger partial charge in [-0.25, -0.2) is 4.79 Å². The minimum atomic E-state index is -0.729. The fourth-order valence-electron chi connectivity index (χ4n) is 1.95. The lowest BCUT2D eigenvalue weighted by Gasteiger charge is -2.16. The monoisotopic (exact) mass is 241 g/mol. The van der Waals surface area contributed by atoms with Crippen molar-refractivity contribution in [2.75, 3.05) is 7.11 Å². The number of carbonyl (C=O) groups excluding carboxylic acids is 1. The van der Waals surface area contributed by atoms with E-state index in [9.17, 15) is 9.90 Å². The Morgan fingerprint density at radius 1 is 1.75 bits per heavy atom. The second-order valence-corrected chi connectivity index (χ2v) is 5.10. The lowest BCUT2D eigenvalue weighted by atomic mass is 9.96. The third-order valence-corrected chi connectivity index (χ3v) is 4.16. The Bertz CT molecular complexity index is 402. The van der Waals surface area contributed by atoms with E-state index in [0.29, 0.717) is 0 Å². The van der Waals surface area contributed by atoms with Gasteiger partial charge in [0, 0.05) is 9.75 Å². The van der Waals surface area contributed by atoms with Gasteiger partial charge in [-0.2, -0.15) is 0 Å². The van der Waals surface area contributed by atoms with Gasteiger partial charge in [0.25, 0.3) is 0 Å². The summed E-state index contributed by atoms with van der Waals surface area (Å²) < 4.78 is 4.61. The molecule has 1 aliphatic carbocycles. The molecule has 0 spiro atoms. The molecule has 0 aliphatic heterocycles. The number of hydrogen-bond donors (Lipinski definition) is 2. The fraction of sp³-hybridized carbons (Fsp3) is 0.545. The number of carbonyl (C=O) groups is 1. The van der Waals surface area contributed by atoms with Crippen molar-refractivity contribution in [3.8, 4) is 0 Å². The van der Waals surface area contributed by atoms with Crippen LogP contribution in [0.5, 0.6) is 0 Å². The number of aryl methyl sites for hydroxylation is 1. The molecule has 4 nitrogen and oxygen atoms in total. The first-order valence-electron chi connectivity index (χ1n) is 5.27. The highest BCUT2D eigenvalue weighted by atomic mass is 32.1. The zero-order valence-corrected chi connectivity index (χ0v) is 9.92. The van der Waals surface area contributed by atoms with E-state index in [2.05, 4.69) is 4.74 Å². The van der Waals surface area contributed by atoms with Gasteiger partial charge in [-0.3, -0.25) is 0 Å². The van der Waals surface area contributed by atoms with Crippen molar-refractivity contribution in [2.45, 2.75) is 31.4 Å². The van der Waals surface area contributed by atoms with E-state index in [4.69, 9.17) is 5.73 Å². The quantitative estimate of drug-likeness (QED) is 0.765. The maximum absolute atomic E-state index is 11.3. The highest BCUT2D eigenvalue weighted by Gasteiger charge is 2.25. The topological polar surface area (TPSA) is 72.5 Å². The van der Waals surface area contributed by atoms with Crippen LogP contribution in [0.25, 0.3) is 0 Å². The van der Waals surface area contributed by atoms with Crippen molar-refractivity contribution in [3.63, 3.8) is 0 Å². The number of nitrogens with two attached hydrogens (primary N) is 1. The Balaban J connectivity index is 2.27. The van der Waals surface area contributed by atoms with Crippen LogP contribution in [0.4, 0.5) is 0 Å². The van der Waals surface area contributed by atoms with Gasteiger partial charge in [-0.1, -0.05) is 0 Å². The summed E-state index contributed by atoms with van der Waals surface area (Å²) in [6.45, 7) is 0. The standard InChI is InChI=1S/C11H15NO3S/c1-15-11(14)10(12)9-5-6-7(13)3-2-4-8(6)16-9/h5,7,10,13H,2-4,12H2,1H3. The smallest absolute Gasteiger partial charge is 0.328 e. The van der Waals surface area contributed by atoms with E-state index in [1.54, 1.807) is 0 Å². The molecule has 88 valence electrons. The van der Waals surface area contributed by atoms with Crippen molar-refractivity contribution in [1.82, 2.24) is 0 Å². The van der Waals surface area contributed by atoms with E-state index in [1.807, 2.05) is 6.07 Å². The third kappa shape index (κ3) is 1.98. The van der Waals surface area contributed by atoms with Gasteiger partial charge < -0.3 is 15.6 Å². The van der Waals surface area contributed by atoms with Crippen LogP contribution in [0, 0.1) is 0 Å². The molecule has 16 heavy (non-hydrogen) atoms. The maximum atomic E-state index is 11.3. The van der Waals surface area contributed by atoms with Gasteiger partial charge in [0.1, 0.15) is 6.04 Å². The zero-order chi connectivity index (χ0) is 11.7. The van der Waals surface area contributed by atoms with Gasteiger partial charge in [-0.15, -0.1) is 11.3 Å². The van der Waals surface area contributed by atoms with Crippen molar-refractivity contribution in [1.29, 1.82) is 0 Å². The van der Waals surface area contributed by atoms with Gasteiger partial charge >= 0.3 is 5.97 Å². The number of thiophene rings is 1. The second-order valence-electron chi connectivity index (χ2n) is 3.94. The number of hydrogen-bond acceptors (Lipinski definition) is 5. The minimum absolute atomic E-state index is 0.404. The highest BCUT2D eigenvalue weighted by molar-refractivity contribution is 7.12. The molecule has 2 unspecified atom stereocenters. The predicted molar refractivity (Wildman–Crippen MR) is 61.2 cm³/mol. The van der Waals surface area contributed by atoms with Crippen molar-refractivity contribution in [3.05, 3.63) is 21.4 Å². The van der Waals surface area contributed by atoms with Crippen LogP contribution in [0.3, 0.4) is 0 Å². The number of fused-ring (bicyclic) bond motifs is 1. The van der Waals surface area contributed by atoms with Crippen LogP contribution >= 0.6 is 11.3 Å². The normalized spacial score (nSPS) is 21.3. The summed E-state index contributed by atoms with van der Waals surface area (Å²) in [7, 11) is 1.32. The molecular weight excluding hydrogens is 226 g/mol. The van der Waals surface area contributed by atoms with Crippen LogP contribution in [-0.2, 0) is 16.0 Å². The van der Waals surface area contributed by atoms with Crippen LogP contribution < -0.4 is 5.73 Å². The van der Waals surface area contributed by atoms with E-state index in [0.717, 1.165) is 34.6 Å². The molecule has 1 aromatic rings. The second kappa shape index (κ2) is 4.53. The van der Waals surface area contributed by atoms with Crippen LogP contribution in [0.2, 0.25) is 0 Å². The van der Waals surface area contributed by atoms with Crippen molar-refractivity contribution < 1.29 is 14.6 Å². The first-order chi connectivity index (χ1) is 7.63. The number of ether oxygens (including phenoxy) is 1. The molecule has 2 rings (SSSR count). The average molecular weight is 241 g/mol. The fourth-order valence-corrected chi connectivity index (χ4v) is 3.20. The maximum Gasteiger partial charge on any atom is 0.328 e. The van der Waals surface area contributed by atoms with Crippen molar-refractivity contribution in [2.24, 2.45) is 5.73 Å². The Labute approximate surface area is 98.0 Å². The molecule has 3 N–H and O–H groups in total. The van der Waals surface area contributed by atoms with E-state index in [-0.39, 0.29) is 0 Å². The molecular formula is C11H15NO3S. The van der Waals surface area contributed by atoms with Crippen LogP contribution in [0.15, 0.2) is 6.07 Å². The number of rotatable bonds is 2. The average Bonchev–Trinajstić information content (AvgIpc) is 2.72. The molecule has 1 aliphatic rings. The van der Waals surface area contributed by atoms with Gasteiger partial charge in [-0.05, 0) is 30.9 Å². The first-order valence-corrected chi connectivity index (χ1v) is 6.09. The Morgan fingerprint density at radius 2 is 2.50 bits per heavy atom. The summed E-state index contributed by atoms with van der Waals surface area (Å²) in [6.07, 6.45) is 2.34. The van der Waals surface area contributed by atoms with E-state index in [1.165, 1.54) is 18.4 Å². The molecule has 0 saturated heterocycles. The zero-order valence-electron chi connectivity index (χ0n) is 9.10. The molecule has 1 aromatic heterocycles. The molecule has 0 saturated carbocycles. The lowest BCUT2D eigenvalue weighted by Crippen LogP contribution is -2.21. The highest BCUT2D eigenvalue weighted by Crippen LogP contribution is 2.37. The van der Waals surface area contributed by atoms with Gasteiger partial charge in [0.2, 0.25) is 0 Å². The minimum Gasteiger partial charge on any atom is -0.468 e. The summed E-state index contributed by atoms with van der Waals surface area (Å²) >= 11 is 1.51. The van der Waals surface area contributed by atoms with Crippen LogP contribution in [-0.4, -0.2) is 18.2 Å². The summed E-state index contributed by atoms with van der Waals surface area (Å²) in [5, 5.41) is 9.80. The van der Waals surface area contributed by atoms with Gasteiger partial charge in [0.15, 0.2) is 0 Å². The largest absolute Gasteiger partial charge is 0.468 e. The van der Waals surface area contributed by atoms with Crippen molar-refractivity contribution >= 4 is 17.3 Å². The Kier molecular flexibility index (Phi) is 3.28. The molecule has 5 heteroatoms. The molecule has 0 fully saturated rings. The molecule has 2 atom stereocenters. The Morgan fingerprint density at radius 3 is 3.12 bits per heavy atom. The molecule has 1 heterocycles. The number of methoxy groups -OCH3 is 1. The summed E-state index contributed by atoms with van der Waals surface area (Å²) in [6, 6.07) is 1.11. The first kappa shape index (κ1) is 11.6. The number of aliphatic hydroxyl groups excluding tert-OH is 1. The van der Waals surface area contributed by atoms with E-state index < -0.39 is 18.1 Å². The van der Waals surface area contributed by atoms with Gasteiger partial charge in [0.05, 0.1) is 13.2 Å². The Hall–Kier alpha value is -0.910. The third-order valence-electron chi connectivity index (χ3n) is 2.86. The molecule has 0 bridgehead atoms. The number of esters is 1. The lowest BCUT2D eigenvalue weighted by molar-refractivity contribution is -0.142. The van der Waals surface area contributed by atoms with Crippen LogP contribution in [0.1, 0.15) is 40.3 Å². The molecule has 0 amide bonds. The SMILES string of the molecule is COC(=O)C(N)c1cc2c(s1)CCCC2O. The molecule has 0 aromatic carbocycles. The number of aliphatic hydroxyl groups is 1.